The second kappa shape index (κ2) is 25.2. The van der Waals surface area contributed by atoms with Crippen LogP contribution in [-0.4, -0.2) is 64.5 Å². The molecule has 10 heteroatoms. The van der Waals surface area contributed by atoms with Gasteiger partial charge in [0, 0.05) is 50.7 Å². The number of aliphatic hydroxyl groups is 2. The molecule has 0 fully saturated rings. The van der Waals surface area contributed by atoms with Gasteiger partial charge in [0.15, 0.2) is 0 Å². The first-order valence-electron chi connectivity index (χ1n) is 24.0. The third-order valence-electron chi connectivity index (χ3n) is 11.8. The van der Waals surface area contributed by atoms with E-state index in [2.05, 4.69) is 183 Å². The topological polar surface area (TPSA) is 78.1 Å². The molecule has 2 N–H and O–H groups in total. The number of thioether (sulfide) groups is 2. The summed E-state index contributed by atoms with van der Waals surface area (Å²) < 4.78 is 0. The zero-order valence-electron chi connectivity index (χ0n) is 40.9. The number of aryl methyl sites for hydroxylation is 4. The van der Waals surface area contributed by atoms with Crippen LogP contribution in [0.2, 0.25) is 0 Å². The lowest BCUT2D eigenvalue weighted by Crippen LogP contribution is -2.30. The largest absolute Gasteiger partial charge is 0.390 e. The van der Waals surface area contributed by atoms with Crippen molar-refractivity contribution in [3.05, 3.63) is 240 Å². The van der Waals surface area contributed by atoms with E-state index >= 15 is 0 Å². The van der Waals surface area contributed by atoms with Gasteiger partial charge in [-0.3, -0.25) is 10.0 Å². The number of para-hydroxylation sites is 2. The predicted molar refractivity (Wildman–Crippen MR) is 306 cm³/mol. The molecule has 8 nitrogen and oxygen atoms in total. The standard InChI is InChI=1S/C61H62N6O2S2/c1-46-15-27-54(28-16-46)66(55-29-17-47(2)18-30-55)58-35-23-50(24-36-58)39-62-64(52-11-7-5-8-12-52)41-60(68)43-70-45-71-44-61(69)42-65(53-13-9-6-10-14-53)63-40-51-25-37-59(38-26-51)67(56-31-19-48(3)20-32-56)57-33-21-49(4)22-34-57/h5-40,60-61,68-69H,41-45H2,1-4H3/b62-39-,63-40-. The Morgan fingerprint density at radius 3 is 0.915 bits per heavy atom. The van der Waals surface area contributed by atoms with Gasteiger partial charge in [-0.05, 0) is 136 Å². The van der Waals surface area contributed by atoms with E-state index in [1.807, 2.05) is 83.1 Å². The Labute approximate surface area is 428 Å². The fraction of sp³-hybridized carbons (Fsp3) is 0.180. The van der Waals surface area contributed by atoms with Crippen molar-refractivity contribution >= 4 is 81.5 Å². The van der Waals surface area contributed by atoms with Crippen LogP contribution in [-0.2, 0) is 0 Å². The zero-order chi connectivity index (χ0) is 49.4. The maximum Gasteiger partial charge on any atom is 0.0826 e. The number of rotatable bonds is 22. The van der Waals surface area contributed by atoms with Gasteiger partial charge in [-0.1, -0.05) is 131 Å². The Morgan fingerprint density at radius 2 is 0.634 bits per heavy atom. The third-order valence-corrected chi connectivity index (χ3v) is 14.4. The molecule has 0 spiro atoms. The average Bonchev–Trinajstić information content (AvgIpc) is 3.40. The Kier molecular flexibility index (Phi) is 17.8. The number of hydrazone groups is 2. The molecule has 0 heterocycles. The van der Waals surface area contributed by atoms with Crippen LogP contribution in [0, 0.1) is 27.7 Å². The van der Waals surface area contributed by atoms with Crippen molar-refractivity contribution in [3.8, 4) is 0 Å². The van der Waals surface area contributed by atoms with Gasteiger partial charge in [0.25, 0.3) is 0 Å². The maximum absolute atomic E-state index is 11.3. The van der Waals surface area contributed by atoms with E-state index in [4.69, 9.17) is 10.2 Å². The lowest BCUT2D eigenvalue weighted by molar-refractivity contribution is 0.205. The normalized spacial score (nSPS) is 12.3. The van der Waals surface area contributed by atoms with Crippen LogP contribution in [0.25, 0.3) is 0 Å². The first-order valence-corrected chi connectivity index (χ1v) is 26.3. The van der Waals surface area contributed by atoms with E-state index in [0.717, 1.165) is 61.7 Å². The van der Waals surface area contributed by atoms with E-state index in [0.29, 0.717) is 24.6 Å². The molecule has 0 aliphatic carbocycles. The number of hydrogen-bond donors (Lipinski definition) is 2. The molecular weight excluding hydrogens is 913 g/mol. The van der Waals surface area contributed by atoms with Crippen molar-refractivity contribution in [2.75, 3.05) is 49.5 Å². The molecule has 71 heavy (non-hydrogen) atoms. The molecule has 8 rings (SSSR count). The van der Waals surface area contributed by atoms with Crippen molar-refractivity contribution in [1.82, 2.24) is 0 Å². The van der Waals surface area contributed by atoms with E-state index in [9.17, 15) is 10.2 Å². The number of hydrogen-bond acceptors (Lipinski definition) is 10. The molecule has 0 aromatic heterocycles. The summed E-state index contributed by atoms with van der Waals surface area (Å²) in [5.74, 6) is 1.05. The lowest BCUT2D eigenvalue weighted by atomic mass is 10.1. The molecule has 0 saturated carbocycles. The first-order chi connectivity index (χ1) is 34.6. The Morgan fingerprint density at radius 1 is 0.366 bits per heavy atom. The summed E-state index contributed by atoms with van der Waals surface area (Å²) in [6, 6.07) is 71.0. The van der Waals surface area contributed by atoms with E-state index in [1.54, 1.807) is 23.5 Å². The van der Waals surface area contributed by atoms with E-state index in [1.165, 1.54) is 22.3 Å². The highest BCUT2D eigenvalue weighted by atomic mass is 32.2. The molecule has 0 bridgehead atoms. The van der Waals surface area contributed by atoms with Gasteiger partial charge in [-0.25, -0.2) is 0 Å². The summed E-state index contributed by atoms with van der Waals surface area (Å²) in [6.45, 7) is 9.07. The molecule has 360 valence electrons. The fourth-order valence-electron chi connectivity index (χ4n) is 7.93. The molecule has 0 aliphatic rings. The Bertz CT molecular complexity index is 2610. The quantitative estimate of drug-likeness (QED) is 0.0301. The van der Waals surface area contributed by atoms with Crippen LogP contribution >= 0.6 is 23.5 Å². The monoisotopic (exact) mass is 974 g/mol. The molecule has 2 atom stereocenters. The molecule has 0 aliphatic heterocycles. The van der Waals surface area contributed by atoms with Gasteiger partial charge in [0.1, 0.15) is 0 Å². The van der Waals surface area contributed by atoms with Crippen molar-refractivity contribution < 1.29 is 10.2 Å². The molecule has 0 amide bonds. The number of nitrogens with zero attached hydrogens (tertiary/aromatic N) is 6. The van der Waals surface area contributed by atoms with Gasteiger partial charge >= 0.3 is 0 Å². The summed E-state index contributed by atoms with van der Waals surface area (Å²) >= 11 is 3.31. The molecule has 0 saturated heterocycles. The second-order valence-electron chi connectivity index (χ2n) is 17.7. The highest BCUT2D eigenvalue weighted by Gasteiger charge is 2.17. The zero-order valence-corrected chi connectivity index (χ0v) is 42.5. The SMILES string of the molecule is Cc1ccc(N(c2ccc(C)cc2)c2ccc(/C=N\N(CC(O)CSCSCC(O)CN(/N=C\c3ccc(N(c4ccc(C)cc4)c4ccc(C)cc4)cc3)c3ccccc3)c3ccccc3)cc2)cc1. The minimum absolute atomic E-state index is 0.331. The molecule has 8 aromatic rings. The summed E-state index contributed by atoms with van der Waals surface area (Å²) in [5.41, 5.74) is 15.0. The van der Waals surface area contributed by atoms with Crippen LogP contribution in [0.1, 0.15) is 33.4 Å². The van der Waals surface area contributed by atoms with Crippen molar-refractivity contribution in [1.29, 1.82) is 0 Å². The minimum atomic E-state index is -0.631. The maximum atomic E-state index is 11.3. The summed E-state index contributed by atoms with van der Waals surface area (Å²) in [4.78, 5) is 4.51. The smallest absolute Gasteiger partial charge is 0.0826 e. The van der Waals surface area contributed by atoms with Crippen LogP contribution in [0.4, 0.5) is 45.5 Å². The van der Waals surface area contributed by atoms with Crippen LogP contribution in [0.5, 0.6) is 0 Å². The first kappa shape index (κ1) is 50.3. The van der Waals surface area contributed by atoms with E-state index in [-0.39, 0.29) is 0 Å². The molecule has 0 radical (unpaired) electrons. The van der Waals surface area contributed by atoms with Crippen LogP contribution in [0.15, 0.2) is 216 Å². The highest BCUT2D eigenvalue weighted by molar-refractivity contribution is 8.16. The average molecular weight is 975 g/mol. The van der Waals surface area contributed by atoms with Crippen molar-refractivity contribution in [2.24, 2.45) is 10.2 Å². The van der Waals surface area contributed by atoms with Crippen molar-refractivity contribution in [2.45, 2.75) is 39.9 Å². The summed E-state index contributed by atoms with van der Waals surface area (Å²) in [6.07, 6.45) is 2.44. The Hall–Kier alpha value is -7.08. The van der Waals surface area contributed by atoms with Gasteiger partial charge in [0.05, 0.1) is 49.1 Å². The van der Waals surface area contributed by atoms with Crippen LogP contribution in [0.3, 0.4) is 0 Å². The Balaban J connectivity index is 0.846. The predicted octanol–water partition coefficient (Wildman–Crippen LogP) is 14.4. The number of benzene rings is 8. The van der Waals surface area contributed by atoms with E-state index < -0.39 is 12.2 Å². The summed E-state index contributed by atoms with van der Waals surface area (Å²) in [7, 11) is 0. The number of aliphatic hydroxyl groups excluding tert-OH is 2. The van der Waals surface area contributed by atoms with Gasteiger partial charge < -0.3 is 20.0 Å². The van der Waals surface area contributed by atoms with Crippen LogP contribution < -0.4 is 19.8 Å². The van der Waals surface area contributed by atoms with Gasteiger partial charge in [0.2, 0.25) is 0 Å². The summed E-state index contributed by atoms with van der Waals surface area (Å²) in [5, 5.41) is 36.7. The molecule has 8 aromatic carbocycles. The highest BCUT2D eigenvalue weighted by Crippen LogP contribution is 2.36. The fourth-order valence-corrected chi connectivity index (χ4v) is 9.93. The molecular formula is C61H62N6O2S2. The minimum Gasteiger partial charge on any atom is -0.390 e. The number of anilines is 8. The van der Waals surface area contributed by atoms with Gasteiger partial charge in [-0.2, -0.15) is 10.2 Å². The third kappa shape index (κ3) is 14.5. The van der Waals surface area contributed by atoms with Gasteiger partial charge in [-0.15, -0.1) is 23.5 Å². The molecule has 2 unspecified atom stereocenters. The van der Waals surface area contributed by atoms with Crippen molar-refractivity contribution in [3.63, 3.8) is 0 Å². The second-order valence-corrected chi connectivity index (χ2v) is 20.1. The lowest BCUT2D eigenvalue weighted by Gasteiger charge is -2.26.